The Kier molecular flexibility index (Phi) is 5.82. The molecule has 0 radical (unpaired) electrons. The van der Waals surface area contributed by atoms with Crippen molar-refractivity contribution in [3.05, 3.63) is 92.9 Å². The topological polar surface area (TPSA) is 50.2 Å². The van der Waals surface area contributed by atoms with E-state index in [-0.39, 0.29) is 12.1 Å². The van der Waals surface area contributed by atoms with Crippen molar-refractivity contribution in [2.45, 2.75) is 32.2 Å². The molecule has 0 fully saturated rings. The largest absolute Gasteiger partial charge is 0.416 e. The number of nitrogens with zero attached hydrogens (tertiary/aromatic N) is 3. The number of hydrogen-bond donors (Lipinski definition) is 1. The van der Waals surface area contributed by atoms with Gasteiger partial charge in [-0.3, -0.25) is 14.3 Å². The number of benzene rings is 2. The van der Waals surface area contributed by atoms with Crippen LogP contribution in [0.4, 0.5) is 19.1 Å². The van der Waals surface area contributed by atoms with E-state index in [9.17, 15) is 18.0 Å². The average Bonchev–Trinajstić information content (AvgIpc) is 2.76. The van der Waals surface area contributed by atoms with Crippen molar-refractivity contribution in [3.8, 4) is 0 Å². The van der Waals surface area contributed by atoms with Crippen molar-refractivity contribution in [2.24, 2.45) is 0 Å². The minimum atomic E-state index is -4.39. The molecule has 4 rings (SSSR count). The number of alkyl halides is 3. The van der Waals surface area contributed by atoms with Gasteiger partial charge in [-0.25, -0.2) is 4.98 Å². The van der Waals surface area contributed by atoms with Gasteiger partial charge < -0.3 is 5.32 Å². The fourth-order valence-corrected chi connectivity index (χ4v) is 3.87. The van der Waals surface area contributed by atoms with E-state index >= 15 is 0 Å². The maximum Gasteiger partial charge on any atom is 0.416 e. The van der Waals surface area contributed by atoms with Crippen molar-refractivity contribution < 1.29 is 13.2 Å². The first-order valence-corrected chi connectivity index (χ1v) is 10.1. The smallest absolute Gasteiger partial charge is 0.359 e. The van der Waals surface area contributed by atoms with Gasteiger partial charge in [0.1, 0.15) is 0 Å². The summed E-state index contributed by atoms with van der Waals surface area (Å²) in [5.41, 5.74) is 2.33. The molecule has 0 saturated carbocycles. The van der Waals surface area contributed by atoms with E-state index in [0.717, 1.165) is 30.9 Å². The first-order chi connectivity index (χ1) is 14.8. The molecule has 3 aromatic rings. The summed E-state index contributed by atoms with van der Waals surface area (Å²) in [4.78, 5) is 20.1. The summed E-state index contributed by atoms with van der Waals surface area (Å²) in [6.45, 7) is 2.19. The lowest BCUT2D eigenvalue weighted by Crippen LogP contribution is -2.38. The van der Waals surface area contributed by atoms with Gasteiger partial charge in [0, 0.05) is 33.1 Å². The van der Waals surface area contributed by atoms with Gasteiger partial charge in [-0.05, 0) is 23.3 Å². The summed E-state index contributed by atoms with van der Waals surface area (Å²) in [5.74, 6) is 0.417. The molecule has 0 amide bonds. The molecule has 8 heteroatoms. The number of rotatable bonds is 5. The van der Waals surface area contributed by atoms with Crippen LogP contribution in [0.15, 0.2) is 59.4 Å². The SMILES string of the molecule is CNc1nc2c(c(=O)n1Cc1ccc(C(F)(F)F)cc1)CN(Cc1ccccc1)CC2. The molecule has 0 saturated heterocycles. The van der Waals surface area contributed by atoms with E-state index in [2.05, 4.69) is 27.3 Å². The normalized spacial score (nSPS) is 14.3. The van der Waals surface area contributed by atoms with Crippen molar-refractivity contribution in [1.82, 2.24) is 14.5 Å². The van der Waals surface area contributed by atoms with E-state index in [1.165, 1.54) is 22.3 Å². The van der Waals surface area contributed by atoms with E-state index in [4.69, 9.17) is 0 Å². The minimum Gasteiger partial charge on any atom is -0.359 e. The molecule has 1 aliphatic heterocycles. The minimum absolute atomic E-state index is 0.145. The van der Waals surface area contributed by atoms with Gasteiger partial charge in [-0.1, -0.05) is 42.5 Å². The lowest BCUT2D eigenvalue weighted by atomic mass is 10.1. The average molecular weight is 428 g/mol. The van der Waals surface area contributed by atoms with E-state index in [1.54, 1.807) is 7.05 Å². The van der Waals surface area contributed by atoms with Crippen LogP contribution in [-0.2, 0) is 32.2 Å². The summed E-state index contributed by atoms with van der Waals surface area (Å²) in [6.07, 6.45) is -3.71. The Morgan fingerprint density at radius 3 is 2.32 bits per heavy atom. The Bertz CT molecular complexity index is 1110. The first kappa shape index (κ1) is 21.1. The predicted molar refractivity (Wildman–Crippen MR) is 113 cm³/mol. The second-order valence-electron chi connectivity index (χ2n) is 7.64. The second kappa shape index (κ2) is 8.55. The number of nitrogens with one attached hydrogen (secondary N) is 1. The molecular formula is C23H23F3N4O. The number of anilines is 1. The molecule has 0 aliphatic carbocycles. The van der Waals surface area contributed by atoms with Crippen LogP contribution >= 0.6 is 0 Å². The fourth-order valence-electron chi connectivity index (χ4n) is 3.87. The zero-order valence-electron chi connectivity index (χ0n) is 17.1. The molecule has 5 nitrogen and oxygen atoms in total. The second-order valence-corrected chi connectivity index (χ2v) is 7.64. The lowest BCUT2D eigenvalue weighted by Gasteiger charge is -2.29. The monoisotopic (exact) mass is 428 g/mol. The Morgan fingerprint density at radius 2 is 1.68 bits per heavy atom. The number of fused-ring (bicyclic) bond motifs is 1. The molecule has 0 unspecified atom stereocenters. The van der Waals surface area contributed by atoms with Crippen LogP contribution in [0.3, 0.4) is 0 Å². The number of hydrogen-bond acceptors (Lipinski definition) is 4. The van der Waals surface area contributed by atoms with Gasteiger partial charge in [0.15, 0.2) is 0 Å². The summed E-state index contributed by atoms with van der Waals surface area (Å²) in [7, 11) is 1.68. The first-order valence-electron chi connectivity index (χ1n) is 10.1. The van der Waals surface area contributed by atoms with Crippen LogP contribution in [0.2, 0.25) is 0 Å². The zero-order valence-corrected chi connectivity index (χ0v) is 17.1. The predicted octanol–water partition coefficient (Wildman–Crippen LogP) is 3.91. The number of halogens is 3. The lowest BCUT2D eigenvalue weighted by molar-refractivity contribution is -0.137. The highest BCUT2D eigenvalue weighted by atomic mass is 19.4. The van der Waals surface area contributed by atoms with Crippen molar-refractivity contribution >= 4 is 5.95 Å². The maximum atomic E-state index is 13.3. The molecule has 0 bridgehead atoms. The third kappa shape index (κ3) is 4.64. The van der Waals surface area contributed by atoms with Gasteiger partial charge in [0.25, 0.3) is 5.56 Å². The molecule has 2 aromatic carbocycles. The summed E-state index contributed by atoms with van der Waals surface area (Å²) >= 11 is 0. The molecule has 1 aromatic heterocycles. The van der Waals surface area contributed by atoms with Crippen LogP contribution < -0.4 is 10.9 Å². The molecule has 0 atom stereocenters. The molecular weight excluding hydrogens is 405 g/mol. The van der Waals surface area contributed by atoms with Gasteiger partial charge in [0.2, 0.25) is 5.95 Å². The highest BCUT2D eigenvalue weighted by Gasteiger charge is 2.30. The molecule has 0 spiro atoms. The Hall–Kier alpha value is -3.13. The van der Waals surface area contributed by atoms with Crippen LogP contribution in [0.5, 0.6) is 0 Å². The Balaban J connectivity index is 1.61. The quantitative estimate of drug-likeness (QED) is 0.670. The standard InChI is InChI=1S/C23H23F3N4O/c1-27-22-28-20-11-12-29(13-16-5-3-2-4-6-16)15-19(20)21(31)30(22)14-17-7-9-18(10-8-17)23(24,25)26/h2-10H,11-15H2,1H3,(H,27,28). The molecule has 31 heavy (non-hydrogen) atoms. The van der Waals surface area contributed by atoms with Gasteiger partial charge in [-0.15, -0.1) is 0 Å². The van der Waals surface area contributed by atoms with E-state index in [0.29, 0.717) is 30.0 Å². The van der Waals surface area contributed by atoms with Gasteiger partial charge in [-0.2, -0.15) is 13.2 Å². The highest BCUT2D eigenvalue weighted by Crippen LogP contribution is 2.29. The number of aromatic nitrogens is 2. The van der Waals surface area contributed by atoms with Crippen LogP contribution in [0, 0.1) is 0 Å². The Morgan fingerprint density at radius 1 is 1.00 bits per heavy atom. The summed E-state index contributed by atoms with van der Waals surface area (Å²) in [5, 5.41) is 2.95. The molecule has 162 valence electrons. The van der Waals surface area contributed by atoms with E-state index < -0.39 is 11.7 Å². The van der Waals surface area contributed by atoms with Crippen molar-refractivity contribution in [2.75, 3.05) is 18.9 Å². The van der Waals surface area contributed by atoms with Crippen LogP contribution in [0.1, 0.15) is 27.9 Å². The highest BCUT2D eigenvalue weighted by molar-refractivity contribution is 5.34. The summed E-state index contributed by atoms with van der Waals surface area (Å²) in [6, 6.07) is 14.9. The van der Waals surface area contributed by atoms with E-state index in [1.807, 2.05) is 18.2 Å². The van der Waals surface area contributed by atoms with Gasteiger partial charge >= 0.3 is 6.18 Å². The third-order valence-electron chi connectivity index (χ3n) is 5.49. The van der Waals surface area contributed by atoms with Gasteiger partial charge in [0.05, 0.1) is 23.4 Å². The zero-order chi connectivity index (χ0) is 22.0. The Labute approximate surface area is 178 Å². The third-order valence-corrected chi connectivity index (χ3v) is 5.49. The molecule has 1 N–H and O–H groups in total. The van der Waals surface area contributed by atoms with Crippen molar-refractivity contribution in [1.29, 1.82) is 0 Å². The maximum absolute atomic E-state index is 13.3. The molecule has 2 heterocycles. The fraction of sp³-hybridized carbons (Fsp3) is 0.304. The van der Waals surface area contributed by atoms with Crippen LogP contribution in [0.25, 0.3) is 0 Å². The van der Waals surface area contributed by atoms with Crippen LogP contribution in [-0.4, -0.2) is 28.0 Å². The summed E-state index contributed by atoms with van der Waals surface area (Å²) < 4.78 is 40.0. The van der Waals surface area contributed by atoms with Crippen molar-refractivity contribution in [3.63, 3.8) is 0 Å². The molecule has 1 aliphatic rings.